The van der Waals surface area contributed by atoms with Crippen LogP contribution < -0.4 is 5.32 Å². The van der Waals surface area contributed by atoms with Crippen molar-refractivity contribution in [1.29, 1.82) is 0 Å². The van der Waals surface area contributed by atoms with Crippen LogP contribution in [0.2, 0.25) is 0 Å². The average Bonchev–Trinajstić information content (AvgIpc) is 3.07. The van der Waals surface area contributed by atoms with Crippen LogP contribution in [0.3, 0.4) is 0 Å². The van der Waals surface area contributed by atoms with Crippen molar-refractivity contribution < 1.29 is 8.94 Å². The van der Waals surface area contributed by atoms with E-state index in [0.29, 0.717) is 6.54 Å². The van der Waals surface area contributed by atoms with Gasteiger partial charge in [-0.3, -0.25) is 4.99 Å². The third-order valence-electron chi connectivity index (χ3n) is 2.70. The maximum Gasteiger partial charge on any atom is 0.193 e. The number of guanidine groups is 1. The second-order valence-corrected chi connectivity index (χ2v) is 4.15. The van der Waals surface area contributed by atoms with E-state index < -0.39 is 0 Å². The molecule has 0 amide bonds. The van der Waals surface area contributed by atoms with Crippen LogP contribution in [-0.2, 0) is 13.0 Å². The van der Waals surface area contributed by atoms with Crippen molar-refractivity contribution >= 4 is 5.96 Å². The van der Waals surface area contributed by atoms with Gasteiger partial charge in [-0.05, 0) is 12.1 Å². The summed E-state index contributed by atoms with van der Waals surface area (Å²) in [5.41, 5.74) is 0.872. The lowest BCUT2D eigenvalue weighted by molar-refractivity contribution is 0.391. The third kappa shape index (κ3) is 3.87. The number of hydrogen-bond donors (Lipinski definition) is 1. The Hall–Kier alpha value is -2.24. The number of rotatable bonds is 5. The molecule has 0 aromatic carbocycles. The molecule has 2 rings (SSSR count). The molecule has 0 saturated heterocycles. The molecule has 6 heteroatoms. The monoisotopic (exact) mass is 262 g/mol. The van der Waals surface area contributed by atoms with Gasteiger partial charge in [-0.1, -0.05) is 5.16 Å². The van der Waals surface area contributed by atoms with Crippen LogP contribution in [0.1, 0.15) is 11.5 Å². The fourth-order valence-electron chi connectivity index (χ4n) is 1.77. The minimum Gasteiger partial charge on any atom is -0.469 e. The summed E-state index contributed by atoms with van der Waals surface area (Å²) in [4.78, 5) is 6.22. The highest BCUT2D eigenvalue weighted by Crippen LogP contribution is 2.01. The van der Waals surface area contributed by atoms with E-state index in [2.05, 4.69) is 15.5 Å². The van der Waals surface area contributed by atoms with Crippen molar-refractivity contribution in [3.05, 3.63) is 42.2 Å². The predicted molar refractivity (Wildman–Crippen MR) is 71.7 cm³/mol. The summed E-state index contributed by atoms with van der Waals surface area (Å²) in [6.45, 7) is 1.42. The van der Waals surface area contributed by atoms with Gasteiger partial charge in [-0.15, -0.1) is 0 Å². The number of aliphatic imine (C=N–C) groups is 1. The quantitative estimate of drug-likeness (QED) is 0.653. The molecule has 0 aliphatic carbocycles. The Bertz CT molecular complexity index is 491. The minimum absolute atomic E-state index is 0.650. The maximum atomic E-state index is 5.28. The summed E-state index contributed by atoms with van der Waals surface area (Å²) in [7, 11) is 3.71. The first-order valence-electron chi connectivity index (χ1n) is 6.13. The Labute approximate surface area is 112 Å². The second-order valence-electron chi connectivity index (χ2n) is 4.15. The molecule has 2 aromatic rings. The van der Waals surface area contributed by atoms with Gasteiger partial charge in [-0.25, -0.2) is 0 Å². The van der Waals surface area contributed by atoms with Gasteiger partial charge in [0.05, 0.1) is 12.8 Å². The smallest absolute Gasteiger partial charge is 0.193 e. The number of hydrogen-bond acceptors (Lipinski definition) is 4. The molecule has 0 bridgehead atoms. The first-order valence-corrected chi connectivity index (χ1v) is 6.13. The van der Waals surface area contributed by atoms with Gasteiger partial charge < -0.3 is 19.2 Å². The van der Waals surface area contributed by atoms with Gasteiger partial charge in [0.1, 0.15) is 17.7 Å². The number of furan rings is 1. The molecule has 0 fully saturated rings. The van der Waals surface area contributed by atoms with Crippen molar-refractivity contribution in [1.82, 2.24) is 15.4 Å². The number of nitrogens with one attached hydrogen (secondary N) is 1. The van der Waals surface area contributed by atoms with E-state index in [-0.39, 0.29) is 0 Å². The van der Waals surface area contributed by atoms with Crippen LogP contribution in [0.25, 0.3) is 0 Å². The Kier molecular flexibility index (Phi) is 4.60. The SMILES string of the molecule is CN=C(NCCc1ccco1)N(C)Cc1ccon1. The summed E-state index contributed by atoms with van der Waals surface area (Å²) < 4.78 is 10.1. The highest BCUT2D eigenvalue weighted by molar-refractivity contribution is 5.79. The number of aromatic nitrogens is 1. The zero-order chi connectivity index (χ0) is 13.5. The van der Waals surface area contributed by atoms with E-state index in [4.69, 9.17) is 8.94 Å². The molecule has 0 atom stereocenters. The third-order valence-corrected chi connectivity index (χ3v) is 2.70. The zero-order valence-corrected chi connectivity index (χ0v) is 11.2. The summed E-state index contributed by atoms with van der Waals surface area (Å²) in [5, 5.41) is 7.16. The van der Waals surface area contributed by atoms with E-state index in [9.17, 15) is 0 Å². The van der Waals surface area contributed by atoms with E-state index >= 15 is 0 Å². The van der Waals surface area contributed by atoms with Crippen LogP contribution in [-0.4, -0.2) is 36.7 Å². The lowest BCUT2D eigenvalue weighted by atomic mass is 10.3. The Morgan fingerprint density at radius 3 is 2.95 bits per heavy atom. The Morgan fingerprint density at radius 1 is 1.42 bits per heavy atom. The normalized spacial score (nSPS) is 11.6. The molecule has 102 valence electrons. The summed E-state index contributed by atoms with van der Waals surface area (Å²) in [6, 6.07) is 5.69. The van der Waals surface area contributed by atoms with Crippen LogP contribution in [0.4, 0.5) is 0 Å². The predicted octanol–water partition coefficient (Wildman–Crippen LogP) is 1.52. The summed E-state index contributed by atoms with van der Waals surface area (Å²) in [6.07, 6.45) is 4.07. The van der Waals surface area contributed by atoms with E-state index in [1.165, 1.54) is 0 Å². The van der Waals surface area contributed by atoms with Gasteiger partial charge in [0, 0.05) is 33.1 Å². The molecule has 2 aromatic heterocycles. The molecule has 0 unspecified atom stereocenters. The van der Waals surface area contributed by atoms with Gasteiger partial charge in [0.15, 0.2) is 5.96 Å². The summed E-state index contributed by atoms with van der Waals surface area (Å²) in [5.74, 6) is 1.77. The standard InChI is InChI=1S/C13H18N4O2/c1-14-13(15-7-5-12-4-3-8-18-12)17(2)10-11-6-9-19-16-11/h3-4,6,8-9H,5,7,10H2,1-2H3,(H,14,15). The van der Waals surface area contributed by atoms with Crippen LogP contribution in [0.15, 0.2) is 44.7 Å². The zero-order valence-electron chi connectivity index (χ0n) is 11.2. The second kappa shape index (κ2) is 6.63. The van der Waals surface area contributed by atoms with E-state index in [1.54, 1.807) is 19.6 Å². The summed E-state index contributed by atoms with van der Waals surface area (Å²) >= 11 is 0. The van der Waals surface area contributed by atoms with Gasteiger partial charge in [0.2, 0.25) is 0 Å². The molecule has 0 spiro atoms. The fourth-order valence-corrected chi connectivity index (χ4v) is 1.77. The van der Waals surface area contributed by atoms with Crippen LogP contribution >= 0.6 is 0 Å². The molecule has 1 N–H and O–H groups in total. The molecule has 6 nitrogen and oxygen atoms in total. The topological polar surface area (TPSA) is 66.8 Å². The largest absolute Gasteiger partial charge is 0.469 e. The van der Waals surface area contributed by atoms with Crippen molar-refractivity contribution in [2.45, 2.75) is 13.0 Å². The lowest BCUT2D eigenvalue weighted by Gasteiger charge is -2.20. The first-order chi connectivity index (χ1) is 9.29. The molecule has 0 radical (unpaired) electrons. The first kappa shape index (κ1) is 13.2. The van der Waals surface area contributed by atoms with Crippen LogP contribution in [0, 0.1) is 0 Å². The Balaban J connectivity index is 1.79. The molecule has 19 heavy (non-hydrogen) atoms. The molecular weight excluding hydrogens is 244 g/mol. The molecular formula is C13H18N4O2. The molecule has 2 heterocycles. The average molecular weight is 262 g/mol. The highest BCUT2D eigenvalue weighted by Gasteiger charge is 2.08. The van der Waals surface area contributed by atoms with Crippen LogP contribution in [0.5, 0.6) is 0 Å². The highest BCUT2D eigenvalue weighted by atomic mass is 16.5. The van der Waals surface area contributed by atoms with Gasteiger partial charge >= 0.3 is 0 Å². The lowest BCUT2D eigenvalue weighted by Crippen LogP contribution is -2.39. The van der Waals surface area contributed by atoms with Crippen molar-refractivity contribution in [3.63, 3.8) is 0 Å². The number of nitrogens with zero attached hydrogens (tertiary/aromatic N) is 3. The van der Waals surface area contributed by atoms with Gasteiger partial charge in [-0.2, -0.15) is 0 Å². The fraction of sp³-hybridized carbons (Fsp3) is 0.385. The van der Waals surface area contributed by atoms with E-state index in [0.717, 1.165) is 30.4 Å². The van der Waals surface area contributed by atoms with Crippen molar-refractivity contribution in [2.24, 2.45) is 4.99 Å². The molecule has 0 saturated carbocycles. The van der Waals surface area contributed by atoms with Gasteiger partial charge in [0.25, 0.3) is 0 Å². The van der Waals surface area contributed by atoms with E-state index in [1.807, 2.05) is 30.1 Å². The maximum absolute atomic E-state index is 5.28. The van der Waals surface area contributed by atoms with Crippen molar-refractivity contribution in [2.75, 3.05) is 20.6 Å². The minimum atomic E-state index is 0.650. The molecule has 0 aliphatic rings. The molecule has 0 aliphatic heterocycles. The Morgan fingerprint density at radius 2 is 2.32 bits per heavy atom. The van der Waals surface area contributed by atoms with Crippen molar-refractivity contribution in [3.8, 4) is 0 Å².